The quantitative estimate of drug-likeness (QED) is 0.676. The molecule has 0 fully saturated rings. The van der Waals surface area contributed by atoms with Gasteiger partial charge in [0.15, 0.2) is 0 Å². The zero-order valence-electron chi connectivity index (χ0n) is 9.56. The third-order valence-corrected chi connectivity index (χ3v) is 2.89. The third-order valence-electron chi connectivity index (χ3n) is 2.42. The lowest BCUT2D eigenvalue weighted by Gasteiger charge is -2.06. The van der Waals surface area contributed by atoms with Gasteiger partial charge in [-0.15, -0.1) is 0 Å². The minimum Gasteiger partial charge on any atom is -0.398 e. The van der Waals surface area contributed by atoms with Gasteiger partial charge in [-0.25, -0.2) is 4.98 Å². The van der Waals surface area contributed by atoms with Crippen LogP contribution in [0.4, 0.5) is 11.4 Å². The highest BCUT2D eigenvalue weighted by Crippen LogP contribution is 2.13. The van der Waals surface area contributed by atoms with Crippen LogP contribution in [0.5, 0.6) is 0 Å². The monoisotopic (exact) mass is 305 g/mol. The van der Waals surface area contributed by atoms with E-state index in [4.69, 9.17) is 5.73 Å². The lowest BCUT2D eigenvalue weighted by atomic mass is 10.1. The van der Waals surface area contributed by atoms with Crippen LogP contribution >= 0.6 is 15.9 Å². The average Bonchev–Trinajstić information content (AvgIpc) is 2.35. The highest BCUT2D eigenvalue weighted by atomic mass is 79.9. The van der Waals surface area contributed by atoms with Crippen molar-refractivity contribution in [2.75, 3.05) is 11.1 Å². The van der Waals surface area contributed by atoms with Gasteiger partial charge in [0, 0.05) is 5.69 Å². The number of amides is 1. The summed E-state index contributed by atoms with van der Waals surface area (Å²) >= 11 is 3.23. The van der Waals surface area contributed by atoms with Crippen molar-refractivity contribution >= 4 is 33.2 Å². The summed E-state index contributed by atoms with van der Waals surface area (Å²) in [4.78, 5) is 15.8. The Kier molecular flexibility index (Phi) is 3.94. The van der Waals surface area contributed by atoms with Crippen molar-refractivity contribution in [3.63, 3.8) is 0 Å². The van der Waals surface area contributed by atoms with E-state index in [1.54, 1.807) is 24.4 Å². The van der Waals surface area contributed by atoms with Gasteiger partial charge < -0.3 is 11.1 Å². The lowest BCUT2D eigenvalue weighted by Crippen LogP contribution is -2.15. The second-order valence-corrected chi connectivity index (χ2v) is 4.61. The number of pyridine rings is 1. The highest BCUT2D eigenvalue weighted by molar-refractivity contribution is 9.10. The minimum atomic E-state index is -0.114. The van der Waals surface area contributed by atoms with E-state index >= 15 is 0 Å². The first-order chi connectivity index (χ1) is 8.65. The number of nitrogens with zero attached hydrogens (tertiary/aromatic N) is 1. The van der Waals surface area contributed by atoms with Crippen LogP contribution in [0.1, 0.15) is 5.56 Å². The van der Waals surface area contributed by atoms with Crippen LogP contribution in [-0.2, 0) is 11.2 Å². The molecular weight excluding hydrogens is 294 g/mol. The van der Waals surface area contributed by atoms with Gasteiger partial charge in [-0.05, 0) is 39.7 Å². The molecule has 1 amide bonds. The number of nitrogen functional groups attached to an aromatic ring is 1. The molecule has 1 heterocycles. The summed E-state index contributed by atoms with van der Waals surface area (Å²) in [5.41, 5.74) is 7.89. The summed E-state index contributed by atoms with van der Waals surface area (Å²) in [6, 6.07) is 10.9. The fourth-order valence-electron chi connectivity index (χ4n) is 1.52. The Morgan fingerprint density at radius 3 is 2.72 bits per heavy atom. The van der Waals surface area contributed by atoms with Gasteiger partial charge in [0.1, 0.15) is 4.60 Å². The van der Waals surface area contributed by atoms with Crippen LogP contribution in [0.15, 0.2) is 47.2 Å². The first-order valence-corrected chi connectivity index (χ1v) is 6.19. The molecule has 0 spiro atoms. The van der Waals surface area contributed by atoms with Crippen LogP contribution in [-0.4, -0.2) is 10.9 Å². The molecule has 1 aromatic heterocycles. The molecule has 1 aromatic carbocycles. The van der Waals surface area contributed by atoms with E-state index in [-0.39, 0.29) is 12.3 Å². The number of nitrogens with one attached hydrogen (secondary N) is 1. The van der Waals surface area contributed by atoms with Crippen LogP contribution < -0.4 is 11.1 Å². The number of nitrogens with two attached hydrogens (primary N) is 1. The molecule has 0 saturated heterocycles. The molecule has 2 rings (SSSR count). The van der Waals surface area contributed by atoms with Crippen molar-refractivity contribution < 1.29 is 4.79 Å². The Labute approximate surface area is 113 Å². The maximum absolute atomic E-state index is 11.8. The zero-order chi connectivity index (χ0) is 13.0. The first kappa shape index (κ1) is 12.6. The van der Waals surface area contributed by atoms with Gasteiger partial charge in [-0.1, -0.05) is 18.2 Å². The van der Waals surface area contributed by atoms with Crippen molar-refractivity contribution in [2.24, 2.45) is 0 Å². The van der Waals surface area contributed by atoms with Gasteiger partial charge in [0.2, 0.25) is 5.91 Å². The summed E-state index contributed by atoms with van der Waals surface area (Å²) in [6.45, 7) is 0. The molecule has 18 heavy (non-hydrogen) atoms. The number of halogens is 1. The van der Waals surface area contributed by atoms with Crippen LogP contribution in [0, 0.1) is 0 Å². The van der Waals surface area contributed by atoms with E-state index in [1.807, 2.05) is 18.2 Å². The SMILES string of the molecule is Nc1ccccc1CC(=O)Nc1ccc(Br)nc1. The molecule has 3 N–H and O–H groups in total. The number of rotatable bonds is 3. The van der Waals surface area contributed by atoms with Crippen molar-refractivity contribution in [2.45, 2.75) is 6.42 Å². The predicted octanol–water partition coefficient (Wildman–Crippen LogP) is 2.61. The number of anilines is 2. The molecule has 0 aliphatic rings. The van der Waals surface area contributed by atoms with E-state index < -0.39 is 0 Å². The lowest BCUT2D eigenvalue weighted by molar-refractivity contribution is -0.115. The van der Waals surface area contributed by atoms with Crippen LogP contribution in [0.3, 0.4) is 0 Å². The van der Waals surface area contributed by atoms with Gasteiger partial charge in [-0.3, -0.25) is 4.79 Å². The molecule has 0 unspecified atom stereocenters. The fraction of sp³-hybridized carbons (Fsp3) is 0.0769. The largest absolute Gasteiger partial charge is 0.398 e. The van der Waals surface area contributed by atoms with Crippen LogP contribution in [0.25, 0.3) is 0 Å². The summed E-state index contributed by atoms with van der Waals surface area (Å²) < 4.78 is 0.729. The smallest absolute Gasteiger partial charge is 0.228 e. The van der Waals surface area contributed by atoms with Gasteiger partial charge in [0.05, 0.1) is 18.3 Å². The Morgan fingerprint density at radius 1 is 1.28 bits per heavy atom. The second kappa shape index (κ2) is 5.64. The normalized spacial score (nSPS) is 10.1. The van der Waals surface area contributed by atoms with E-state index in [0.29, 0.717) is 11.4 Å². The zero-order valence-corrected chi connectivity index (χ0v) is 11.1. The standard InChI is InChI=1S/C13H12BrN3O/c14-12-6-5-10(8-16-12)17-13(18)7-9-3-1-2-4-11(9)15/h1-6,8H,7,15H2,(H,17,18). The van der Waals surface area contributed by atoms with Crippen molar-refractivity contribution in [3.8, 4) is 0 Å². The fourth-order valence-corrected chi connectivity index (χ4v) is 1.76. The molecule has 0 aliphatic carbocycles. The Morgan fingerprint density at radius 2 is 2.06 bits per heavy atom. The average molecular weight is 306 g/mol. The molecule has 0 saturated carbocycles. The van der Waals surface area contributed by atoms with Gasteiger partial charge in [-0.2, -0.15) is 0 Å². The Bertz CT molecular complexity index is 554. The van der Waals surface area contributed by atoms with E-state index in [0.717, 1.165) is 10.2 Å². The van der Waals surface area contributed by atoms with E-state index in [1.165, 1.54) is 0 Å². The molecule has 5 heteroatoms. The number of carbonyl (C=O) groups excluding carboxylic acids is 1. The number of carbonyl (C=O) groups is 1. The molecule has 4 nitrogen and oxygen atoms in total. The first-order valence-electron chi connectivity index (χ1n) is 5.40. The van der Waals surface area contributed by atoms with Gasteiger partial charge in [0.25, 0.3) is 0 Å². The molecular formula is C13H12BrN3O. The summed E-state index contributed by atoms with van der Waals surface area (Å²) in [6.07, 6.45) is 1.85. The Hall–Kier alpha value is -1.88. The topological polar surface area (TPSA) is 68.0 Å². The predicted molar refractivity (Wildman–Crippen MR) is 75.1 cm³/mol. The molecule has 0 atom stereocenters. The minimum absolute atomic E-state index is 0.114. The summed E-state index contributed by atoms with van der Waals surface area (Å²) in [7, 11) is 0. The number of benzene rings is 1. The summed E-state index contributed by atoms with van der Waals surface area (Å²) in [5.74, 6) is -0.114. The maximum Gasteiger partial charge on any atom is 0.228 e. The number of para-hydroxylation sites is 1. The molecule has 2 aromatic rings. The van der Waals surface area contributed by atoms with E-state index in [9.17, 15) is 4.79 Å². The molecule has 92 valence electrons. The van der Waals surface area contributed by atoms with Crippen LogP contribution in [0.2, 0.25) is 0 Å². The number of aromatic nitrogens is 1. The molecule has 0 bridgehead atoms. The third kappa shape index (κ3) is 3.30. The van der Waals surface area contributed by atoms with Crippen molar-refractivity contribution in [3.05, 3.63) is 52.8 Å². The highest BCUT2D eigenvalue weighted by Gasteiger charge is 2.06. The van der Waals surface area contributed by atoms with Gasteiger partial charge >= 0.3 is 0 Å². The van der Waals surface area contributed by atoms with Crippen molar-refractivity contribution in [1.29, 1.82) is 0 Å². The second-order valence-electron chi connectivity index (χ2n) is 3.79. The number of hydrogen-bond acceptors (Lipinski definition) is 3. The van der Waals surface area contributed by atoms with E-state index in [2.05, 4.69) is 26.2 Å². The molecule has 0 radical (unpaired) electrons. The van der Waals surface area contributed by atoms with Crippen molar-refractivity contribution in [1.82, 2.24) is 4.98 Å². The Balaban J connectivity index is 2.01. The number of hydrogen-bond donors (Lipinski definition) is 2. The molecule has 0 aliphatic heterocycles. The maximum atomic E-state index is 11.8. The summed E-state index contributed by atoms with van der Waals surface area (Å²) in [5, 5.41) is 2.77.